The number of benzene rings is 3. The van der Waals surface area contributed by atoms with Crippen LogP contribution in [-0.2, 0) is 44.0 Å². The zero-order chi connectivity index (χ0) is 70.8. The number of unbranched alkanes of at least 4 members (excludes halogenated alkanes) is 3. The molecule has 4 saturated heterocycles. The smallest absolute Gasteiger partial charge is 0.417 e. The molecular formula is C67H92BrCl4LiN12O10S3Si. The van der Waals surface area contributed by atoms with Crippen LogP contribution in [0.15, 0.2) is 168 Å². The number of rotatable bonds is 23. The van der Waals surface area contributed by atoms with Crippen LogP contribution in [0.5, 0.6) is 0 Å². The monoisotopic (exact) mass is 1570 g/mol. The van der Waals surface area contributed by atoms with Crippen molar-refractivity contribution in [3.63, 3.8) is 0 Å². The summed E-state index contributed by atoms with van der Waals surface area (Å²) in [6, 6.07) is 28.4. The van der Waals surface area contributed by atoms with E-state index < -0.39 is 19.5 Å². The molecule has 2 atom stereocenters. The molecule has 2 N–H and O–H groups in total. The van der Waals surface area contributed by atoms with E-state index >= 15 is 0 Å². The maximum Gasteiger partial charge on any atom is 1.00 e. The second-order valence-corrected chi connectivity index (χ2v) is 33.2. The standard InChI is InChI=1S/C18H21ClO3S.C17H27ClO2Si.C16H15ClO2S.C7H7BrO2S.C4H8O.C4H9.CH4.ClHN12.Li/c1-2-3-7-18(20,13-5-4-6-15(19)10-13)14-11-16(23-12-14)17-21-8-9-22-17;1-17(2,3)21(4,5)20-12-7-6-11-16(19)14-9-8-10-15(18)13-14;17-14-5-3-4-12(8-14)16(6-1-2-7-19-16)13-9-15(10-18)20-11-13;8-5-3-6(11-4-5)7-9-1-2-10-7;1-2-4-5-3-1;1-3-4-2;;1-3-5-7-9-11-13-12-10-8-6-4-2;/h4-6,10-12,17,20H,2-3,7-9H2,1H3;8-10,13H,6-7,11-12H2,1-5H3;3-5,8-11H,1-2,6-7H2;3-4,7H,1-2H2;1-4H2;1,3-4H2,2H3;1H4;2H;/q;;;;;-1;;;+1/b;;;;;;;4-2?,5-3?,8-6+,9-7+,12-10+,13-11+;. The van der Waals surface area contributed by atoms with Gasteiger partial charge in [0.05, 0.1) is 52.8 Å². The van der Waals surface area contributed by atoms with Crippen molar-refractivity contribution < 1.29 is 66.4 Å². The number of thiophene rings is 3. The Morgan fingerprint density at radius 3 is 1.74 bits per heavy atom. The number of carbonyl (C=O) groups is 2. The molecule has 4 aliphatic heterocycles. The fourth-order valence-electron chi connectivity index (χ4n) is 9.02. The quantitative estimate of drug-likeness (QED) is 0.0116. The number of carbonyl (C=O) groups excluding carboxylic acids is 2. The third kappa shape index (κ3) is 33.4. The Morgan fingerprint density at radius 1 is 0.697 bits per heavy atom. The molecule has 0 spiro atoms. The molecule has 0 bridgehead atoms. The van der Waals surface area contributed by atoms with E-state index in [1.54, 1.807) is 34.8 Å². The van der Waals surface area contributed by atoms with Gasteiger partial charge in [0.15, 0.2) is 33.0 Å². The Hall–Kier alpha value is -4.17. The first-order valence-corrected chi connectivity index (χ1v) is 39.5. The Labute approximate surface area is 636 Å². The van der Waals surface area contributed by atoms with Crippen molar-refractivity contribution in [1.82, 2.24) is 0 Å². The summed E-state index contributed by atoms with van der Waals surface area (Å²) in [5.74, 6) is 0.157. The van der Waals surface area contributed by atoms with Gasteiger partial charge in [-0.1, -0.05) is 137 Å². The number of aldehydes is 1. The summed E-state index contributed by atoms with van der Waals surface area (Å²) < 4.78 is 42.8. The van der Waals surface area contributed by atoms with Gasteiger partial charge in [-0.15, -0.1) is 34.0 Å². The van der Waals surface area contributed by atoms with Gasteiger partial charge in [-0.05, 0) is 225 Å². The first-order valence-electron chi connectivity index (χ1n) is 31.7. The van der Waals surface area contributed by atoms with Crippen molar-refractivity contribution in [2.45, 2.75) is 167 Å². The number of hydrogen-bond donors (Lipinski definition) is 2. The minimum absolute atomic E-state index is 0. The molecule has 538 valence electrons. The summed E-state index contributed by atoms with van der Waals surface area (Å²) in [4.78, 5) is 25.8. The number of ether oxygens (including phenoxy) is 6. The largest absolute Gasteiger partial charge is 1.00 e. The van der Waals surface area contributed by atoms with E-state index in [0.717, 1.165) is 125 Å². The molecule has 32 heteroatoms. The molecule has 3 aromatic carbocycles. The maximum atomic E-state index is 12.0. The molecular weight excluding hydrogens is 1490 g/mol. The fourth-order valence-corrected chi connectivity index (χ4v) is 13.9. The van der Waals surface area contributed by atoms with Crippen molar-refractivity contribution in [1.29, 1.82) is 5.53 Å². The summed E-state index contributed by atoms with van der Waals surface area (Å²) in [6.45, 7) is 25.2. The molecule has 0 aliphatic carbocycles. The number of nitrogens with zero attached hydrogens (tertiary/aromatic N) is 11. The molecule has 4 fully saturated rings. The normalized spacial score (nSPS) is 16.9. The topological polar surface area (TPSA) is 279 Å². The second-order valence-electron chi connectivity index (χ2n) is 23.2. The van der Waals surface area contributed by atoms with Gasteiger partial charge in [0.25, 0.3) is 0 Å². The zero-order valence-electron chi connectivity index (χ0n) is 56.8. The van der Waals surface area contributed by atoms with E-state index in [1.807, 2.05) is 88.9 Å². The van der Waals surface area contributed by atoms with Gasteiger partial charge < -0.3 is 44.9 Å². The average molecular weight is 1580 g/mol. The predicted molar refractivity (Wildman–Crippen MR) is 396 cm³/mol. The zero-order valence-corrected chi connectivity index (χ0v) is 64.9. The molecule has 99 heavy (non-hydrogen) atoms. The van der Waals surface area contributed by atoms with Gasteiger partial charge in [-0.2, -0.15) is 12.0 Å². The van der Waals surface area contributed by atoms with E-state index in [0.29, 0.717) is 59.9 Å². The number of halogens is 5. The van der Waals surface area contributed by atoms with Crippen molar-refractivity contribution >= 4 is 117 Å². The molecule has 2 unspecified atom stereocenters. The van der Waals surface area contributed by atoms with E-state index in [1.165, 1.54) is 30.6 Å². The van der Waals surface area contributed by atoms with Crippen LogP contribution in [0, 0.1) is 12.5 Å². The summed E-state index contributed by atoms with van der Waals surface area (Å²) in [5.41, 5.74) is 9.19. The minimum Gasteiger partial charge on any atom is -0.417 e. The molecule has 7 heterocycles. The van der Waals surface area contributed by atoms with Gasteiger partial charge in [0, 0.05) is 63.3 Å². The first-order chi connectivity index (χ1) is 46.7. The van der Waals surface area contributed by atoms with Crippen LogP contribution in [0.3, 0.4) is 0 Å². The molecule has 22 nitrogen and oxygen atoms in total. The number of nitrogens with one attached hydrogen (secondary N) is 1. The Bertz CT molecular complexity index is 3380. The van der Waals surface area contributed by atoms with Crippen molar-refractivity contribution in [3.8, 4) is 0 Å². The molecule has 10 rings (SSSR count). The van der Waals surface area contributed by atoms with E-state index in [9.17, 15) is 14.7 Å². The van der Waals surface area contributed by atoms with Gasteiger partial charge in [0.2, 0.25) is 0 Å². The Kier molecular flexibility index (Phi) is 46.9. The van der Waals surface area contributed by atoms with Crippen molar-refractivity contribution in [3.05, 3.63) is 176 Å². The van der Waals surface area contributed by atoms with Crippen LogP contribution in [0.1, 0.15) is 190 Å². The predicted octanol–water partition coefficient (Wildman–Crippen LogP) is 20.9. The average Bonchev–Trinajstić information content (AvgIpc) is 1.78. The molecule has 6 aromatic rings. The minimum atomic E-state index is -1.66. The van der Waals surface area contributed by atoms with Gasteiger partial charge >= 0.3 is 18.9 Å². The van der Waals surface area contributed by atoms with E-state index in [2.05, 4.69) is 133 Å². The summed E-state index contributed by atoms with van der Waals surface area (Å²) in [6.07, 6.45) is 13.4. The van der Waals surface area contributed by atoms with Gasteiger partial charge in [-0.25, -0.2) is 0 Å². The van der Waals surface area contributed by atoms with Gasteiger partial charge in [-0.3, -0.25) is 9.59 Å². The summed E-state index contributed by atoms with van der Waals surface area (Å²) >= 11 is 31.0. The first kappa shape index (κ1) is 90.9. The molecule has 0 saturated carbocycles. The third-order valence-electron chi connectivity index (χ3n) is 15.1. The number of Topliss-reactive ketones (excluding diaryl/α,β-unsaturated/α-hetero) is 1. The third-order valence-corrected chi connectivity index (χ3v) is 24.0. The second kappa shape index (κ2) is 51.1. The van der Waals surface area contributed by atoms with Crippen molar-refractivity contribution in [2.24, 2.45) is 56.9 Å². The SMILES string of the molecule is Brc1csc(C2OCCO2)c1.C.C1CCOC1.CC(C)(C)[Si](C)(C)OCCCCC(=O)c1cccc(Cl)c1.CCCCC(O)(c1cccc(Cl)c1)c1csc(C2OCCO2)c1.N=N/N=N/N=N/N=N/N=N/N=NCl.O=Cc1cc(C2(c3cccc(Cl)c3)CCCCO2)cs1.[CH2-]CCC.[Li+]. The van der Waals surface area contributed by atoms with E-state index in [4.69, 9.17) is 85.0 Å². The molecule has 4 aliphatic rings. The summed E-state index contributed by atoms with van der Waals surface area (Å²) in [7, 11) is -1.66. The van der Waals surface area contributed by atoms with Crippen LogP contribution in [0.25, 0.3) is 0 Å². The Morgan fingerprint density at radius 2 is 1.25 bits per heavy atom. The molecule has 3 aromatic heterocycles. The van der Waals surface area contributed by atoms with Crippen LogP contribution < -0.4 is 18.9 Å². The maximum absolute atomic E-state index is 12.0. The Balaban J connectivity index is 0.000000412. The molecule has 0 amide bonds. The number of hydrogen-bond acceptors (Lipinski definition) is 15. The number of ketones is 1. The molecule has 0 radical (unpaired) electrons. The van der Waals surface area contributed by atoms with Gasteiger partial charge in [0.1, 0.15) is 11.2 Å². The van der Waals surface area contributed by atoms with Crippen molar-refractivity contribution in [2.75, 3.05) is 52.9 Å². The van der Waals surface area contributed by atoms with Crippen LogP contribution >= 0.6 is 96.5 Å². The van der Waals surface area contributed by atoms with E-state index in [-0.39, 0.29) is 49.7 Å². The fraction of sp³-hybridized carbons (Fsp3) is 0.507. The number of aliphatic hydroxyl groups is 1. The van der Waals surface area contributed by atoms with Crippen LogP contribution in [-0.4, -0.2) is 78.3 Å². The van der Waals surface area contributed by atoms with Crippen LogP contribution in [0.2, 0.25) is 33.2 Å². The van der Waals surface area contributed by atoms with Crippen LogP contribution in [0.4, 0.5) is 0 Å². The summed E-state index contributed by atoms with van der Waals surface area (Å²) in [5, 5.41) is 48.2.